The Kier molecular flexibility index (Phi) is 3.90. The minimum atomic E-state index is -0.836. The van der Waals surface area contributed by atoms with Crippen molar-refractivity contribution in [2.45, 2.75) is 0 Å². The first kappa shape index (κ1) is 11.3. The van der Waals surface area contributed by atoms with Gasteiger partial charge in [0.05, 0.1) is 13.2 Å². The summed E-state index contributed by atoms with van der Waals surface area (Å²) in [5.41, 5.74) is 2.04. The second-order valence-electron chi connectivity index (χ2n) is 2.71. The van der Waals surface area contributed by atoms with Gasteiger partial charge >= 0.3 is 5.97 Å². The standard InChI is InChI=1S/C9H11NO5/c11-4-3-10-15-9(14)7-5-6(12)1-2-8(7)13/h1-2,5,10-13H,3-4H2. The van der Waals surface area contributed by atoms with Crippen molar-refractivity contribution in [3.8, 4) is 11.5 Å². The monoisotopic (exact) mass is 213 g/mol. The number of phenols is 2. The molecule has 0 bridgehead atoms. The van der Waals surface area contributed by atoms with Crippen molar-refractivity contribution in [2.75, 3.05) is 13.2 Å². The maximum absolute atomic E-state index is 11.3. The summed E-state index contributed by atoms with van der Waals surface area (Å²) in [4.78, 5) is 15.7. The molecule has 1 aromatic carbocycles. The number of hydroxylamine groups is 1. The molecule has 0 aliphatic rings. The molecule has 1 aromatic rings. The first-order chi connectivity index (χ1) is 7.15. The van der Waals surface area contributed by atoms with Gasteiger partial charge in [-0.25, -0.2) is 4.79 Å². The fraction of sp³-hybridized carbons (Fsp3) is 0.222. The number of carbonyl (C=O) groups excluding carboxylic acids is 1. The number of hydrogen-bond donors (Lipinski definition) is 4. The fourth-order valence-electron chi connectivity index (χ4n) is 0.905. The molecule has 0 radical (unpaired) electrons. The smallest absolute Gasteiger partial charge is 0.360 e. The van der Waals surface area contributed by atoms with E-state index in [1.54, 1.807) is 0 Å². The molecule has 0 fully saturated rings. The van der Waals surface area contributed by atoms with Crippen LogP contribution >= 0.6 is 0 Å². The number of carbonyl (C=O) groups is 1. The molecule has 6 nitrogen and oxygen atoms in total. The largest absolute Gasteiger partial charge is 0.508 e. The first-order valence-corrected chi connectivity index (χ1v) is 4.22. The second kappa shape index (κ2) is 5.18. The van der Waals surface area contributed by atoms with Gasteiger partial charge in [0.15, 0.2) is 0 Å². The fourth-order valence-corrected chi connectivity index (χ4v) is 0.905. The Hall–Kier alpha value is -1.79. The third kappa shape index (κ3) is 3.12. The number of aromatic hydroxyl groups is 2. The van der Waals surface area contributed by atoms with E-state index < -0.39 is 5.97 Å². The molecule has 0 aliphatic heterocycles. The normalized spacial score (nSPS) is 9.93. The van der Waals surface area contributed by atoms with E-state index in [1.165, 1.54) is 12.1 Å². The Bertz CT molecular complexity index is 352. The number of phenolic OH excluding ortho intramolecular Hbond substituents is 2. The Morgan fingerprint density at radius 1 is 1.40 bits per heavy atom. The van der Waals surface area contributed by atoms with Gasteiger partial charge in [-0.3, -0.25) is 0 Å². The van der Waals surface area contributed by atoms with E-state index >= 15 is 0 Å². The van der Waals surface area contributed by atoms with Gasteiger partial charge in [0.1, 0.15) is 17.1 Å². The van der Waals surface area contributed by atoms with Crippen molar-refractivity contribution in [3.05, 3.63) is 23.8 Å². The third-order valence-corrected chi connectivity index (χ3v) is 1.58. The Labute approximate surface area is 85.7 Å². The Morgan fingerprint density at radius 2 is 2.13 bits per heavy atom. The molecule has 0 saturated heterocycles. The molecule has 0 atom stereocenters. The van der Waals surface area contributed by atoms with Gasteiger partial charge in [0, 0.05) is 0 Å². The summed E-state index contributed by atoms with van der Waals surface area (Å²) in [6, 6.07) is 3.50. The van der Waals surface area contributed by atoms with Gasteiger partial charge in [-0.05, 0) is 18.2 Å². The van der Waals surface area contributed by atoms with E-state index in [-0.39, 0.29) is 30.2 Å². The second-order valence-corrected chi connectivity index (χ2v) is 2.71. The van der Waals surface area contributed by atoms with Gasteiger partial charge in [-0.1, -0.05) is 0 Å². The number of aliphatic hydroxyl groups excluding tert-OH is 1. The number of aliphatic hydroxyl groups is 1. The van der Waals surface area contributed by atoms with Crippen molar-refractivity contribution in [1.82, 2.24) is 5.48 Å². The molecule has 6 heteroatoms. The molecule has 0 heterocycles. The van der Waals surface area contributed by atoms with E-state index in [0.29, 0.717) is 0 Å². The molecule has 82 valence electrons. The lowest BCUT2D eigenvalue weighted by Crippen LogP contribution is -2.23. The topological polar surface area (TPSA) is 99.0 Å². The van der Waals surface area contributed by atoms with Crippen molar-refractivity contribution >= 4 is 5.97 Å². The lowest BCUT2D eigenvalue weighted by Gasteiger charge is -2.05. The van der Waals surface area contributed by atoms with Crippen LogP contribution in [-0.4, -0.2) is 34.4 Å². The summed E-state index contributed by atoms with van der Waals surface area (Å²) in [6.45, 7) is -0.0926. The average Bonchev–Trinajstić information content (AvgIpc) is 2.22. The highest BCUT2D eigenvalue weighted by Crippen LogP contribution is 2.22. The van der Waals surface area contributed by atoms with Crippen molar-refractivity contribution in [3.63, 3.8) is 0 Å². The van der Waals surface area contributed by atoms with E-state index in [9.17, 15) is 9.90 Å². The molecular weight excluding hydrogens is 202 g/mol. The van der Waals surface area contributed by atoms with Crippen molar-refractivity contribution in [2.24, 2.45) is 0 Å². The lowest BCUT2D eigenvalue weighted by atomic mass is 10.2. The number of hydrogen-bond acceptors (Lipinski definition) is 6. The van der Waals surface area contributed by atoms with Crippen LogP contribution in [-0.2, 0) is 4.84 Å². The quantitative estimate of drug-likeness (QED) is 0.313. The zero-order valence-corrected chi connectivity index (χ0v) is 7.80. The van der Waals surface area contributed by atoms with Crippen LogP contribution in [0.3, 0.4) is 0 Å². The lowest BCUT2D eigenvalue weighted by molar-refractivity contribution is 0.0220. The van der Waals surface area contributed by atoms with Crippen LogP contribution in [0.4, 0.5) is 0 Å². The van der Waals surface area contributed by atoms with Crippen LogP contribution in [0.5, 0.6) is 11.5 Å². The van der Waals surface area contributed by atoms with Crippen LogP contribution in [0.25, 0.3) is 0 Å². The summed E-state index contributed by atoms with van der Waals surface area (Å²) in [6.07, 6.45) is 0. The highest BCUT2D eigenvalue weighted by molar-refractivity contribution is 5.92. The highest BCUT2D eigenvalue weighted by atomic mass is 16.7. The Balaban J connectivity index is 2.68. The molecule has 0 aliphatic carbocycles. The van der Waals surface area contributed by atoms with Crippen LogP contribution in [0.2, 0.25) is 0 Å². The van der Waals surface area contributed by atoms with Gasteiger partial charge in [0.2, 0.25) is 0 Å². The maximum atomic E-state index is 11.3. The van der Waals surface area contributed by atoms with Crippen molar-refractivity contribution < 1.29 is 25.0 Å². The summed E-state index contributed by atoms with van der Waals surface area (Å²) >= 11 is 0. The minimum absolute atomic E-state index is 0.0886. The summed E-state index contributed by atoms with van der Waals surface area (Å²) in [5.74, 6) is -1.28. The first-order valence-electron chi connectivity index (χ1n) is 4.22. The zero-order valence-electron chi connectivity index (χ0n) is 7.80. The van der Waals surface area contributed by atoms with Crippen molar-refractivity contribution in [1.29, 1.82) is 0 Å². The van der Waals surface area contributed by atoms with E-state index in [2.05, 4.69) is 10.3 Å². The average molecular weight is 213 g/mol. The molecule has 15 heavy (non-hydrogen) atoms. The minimum Gasteiger partial charge on any atom is -0.508 e. The van der Waals surface area contributed by atoms with Gasteiger partial charge < -0.3 is 20.2 Å². The predicted octanol–water partition coefficient (Wildman–Crippen LogP) is -0.248. The van der Waals surface area contributed by atoms with E-state index in [1.807, 2.05) is 0 Å². The van der Waals surface area contributed by atoms with E-state index in [0.717, 1.165) is 6.07 Å². The van der Waals surface area contributed by atoms with Gasteiger partial charge in [0.25, 0.3) is 0 Å². The van der Waals surface area contributed by atoms with Gasteiger partial charge in [-0.15, -0.1) is 0 Å². The van der Waals surface area contributed by atoms with Crippen LogP contribution in [0, 0.1) is 0 Å². The molecule has 4 N–H and O–H groups in total. The summed E-state index contributed by atoms with van der Waals surface area (Å²) in [7, 11) is 0. The molecule has 1 rings (SSSR count). The maximum Gasteiger partial charge on any atom is 0.360 e. The molecule has 0 unspecified atom stereocenters. The predicted molar refractivity (Wildman–Crippen MR) is 50.3 cm³/mol. The molecular formula is C9H11NO5. The number of rotatable bonds is 4. The zero-order chi connectivity index (χ0) is 11.3. The van der Waals surface area contributed by atoms with Gasteiger partial charge in [-0.2, -0.15) is 5.48 Å². The summed E-state index contributed by atoms with van der Waals surface area (Å²) in [5, 5.41) is 26.8. The Morgan fingerprint density at radius 3 is 2.80 bits per heavy atom. The third-order valence-electron chi connectivity index (χ3n) is 1.58. The van der Waals surface area contributed by atoms with Crippen LogP contribution in [0.15, 0.2) is 18.2 Å². The summed E-state index contributed by atoms with van der Waals surface area (Å²) < 4.78 is 0. The molecule has 0 spiro atoms. The number of nitrogens with one attached hydrogen (secondary N) is 1. The van der Waals surface area contributed by atoms with Crippen LogP contribution in [0.1, 0.15) is 10.4 Å². The highest BCUT2D eigenvalue weighted by Gasteiger charge is 2.13. The van der Waals surface area contributed by atoms with Crippen LogP contribution < -0.4 is 5.48 Å². The molecule has 0 aromatic heterocycles. The molecule has 0 saturated carbocycles. The molecule has 0 amide bonds. The van der Waals surface area contributed by atoms with E-state index in [4.69, 9.17) is 10.2 Å². The SMILES string of the molecule is O=C(ONCCO)c1cc(O)ccc1O. The number of benzene rings is 1.